The van der Waals surface area contributed by atoms with E-state index in [0.717, 1.165) is 54.6 Å². The van der Waals surface area contributed by atoms with Crippen LogP contribution in [0.25, 0.3) is 0 Å². The van der Waals surface area contributed by atoms with Gasteiger partial charge in [-0.25, -0.2) is 33.1 Å². The lowest BCUT2D eigenvalue weighted by molar-refractivity contribution is 0.0984. The van der Waals surface area contributed by atoms with Gasteiger partial charge in [0.15, 0.2) is 22.5 Å². The molecule has 13 nitrogen and oxygen atoms in total. The molecule has 6 N–H and O–H groups in total. The average Bonchev–Trinajstić information content (AvgIpc) is 3.57. The Morgan fingerprint density at radius 1 is 0.398 bits per heavy atom. The van der Waals surface area contributed by atoms with Gasteiger partial charge in [0.1, 0.15) is 17.5 Å². The van der Waals surface area contributed by atoms with Gasteiger partial charge in [0.05, 0.1) is 15.6 Å². The van der Waals surface area contributed by atoms with Crippen LogP contribution in [-0.2, 0) is 36.5 Å². The topological polar surface area (TPSA) is 224 Å². The smallest absolute Gasteiger partial charge is 0.423 e. The number of thioether (sulfide) groups is 3. The maximum absolute atomic E-state index is 13.0. The number of ketones is 3. The van der Waals surface area contributed by atoms with Crippen molar-refractivity contribution in [2.45, 2.75) is 65.6 Å². The van der Waals surface area contributed by atoms with Crippen molar-refractivity contribution in [3.05, 3.63) is 261 Å². The molecule has 3 heterocycles. The van der Waals surface area contributed by atoms with Gasteiger partial charge in [0.2, 0.25) is 0 Å². The molecule has 0 spiro atoms. The molecule has 22 heteroatoms. The number of halogens is 3. The van der Waals surface area contributed by atoms with E-state index in [-0.39, 0.29) is 54.1 Å². The summed E-state index contributed by atoms with van der Waals surface area (Å²) in [5.74, 6) is 0.221. The normalized spacial score (nSPS) is 10.7. The first kappa shape index (κ1) is 63.1. The van der Waals surface area contributed by atoms with Gasteiger partial charge in [0, 0.05) is 72.4 Å². The van der Waals surface area contributed by atoms with Crippen molar-refractivity contribution in [2.24, 2.45) is 0 Å². The zero-order chi connectivity index (χ0) is 59.4. The summed E-state index contributed by atoms with van der Waals surface area (Å²) in [6, 6.07) is 42.5. The largest absolute Gasteiger partial charge is 0.488 e. The third-order valence-corrected chi connectivity index (χ3v) is 15.4. The van der Waals surface area contributed by atoms with Gasteiger partial charge in [-0.1, -0.05) is 120 Å². The van der Waals surface area contributed by atoms with Crippen LogP contribution >= 0.6 is 35.3 Å². The number of hydrogen-bond acceptors (Lipinski definition) is 16. The van der Waals surface area contributed by atoms with E-state index in [1.807, 2.05) is 50.2 Å². The Kier molecular flexibility index (Phi) is 23.8. The summed E-state index contributed by atoms with van der Waals surface area (Å²) >= 11 is 4.24. The standard InChI is InChI=1S/C21H19BFNO3S.C20H18BFN2O3S.C20H17BFNO3S/c1-14-2-8-19(22(26)27)17(10-14)13-28-21-9-5-16(12-24-21)20(25)11-15-3-6-18(23)7-4-15;1-13-2-7-18(21(26)27)15(8-13)12-28-20-23-10-16(11-24-20)19(25)9-14-3-5-17(22)6-4-14;22-17-8-5-14(6-9-17)11-19(24)15-7-10-20(23-12-15)27-13-16-3-1-2-4-18(16)21(25)26/h2-10,12,26-27H,11,13H2,1H3;2-8,10-11,26-27H,9,12H2,1H3;1-10,12,25-26H,11,13H2. The molecule has 0 saturated carbocycles. The fraction of sp³-hybridized carbons (Fsp3) is 0.131. The number of benzene rings is 6. The Labute approximate surface area is 492 Å². The van der Waals surface area contributed by atoms with Crippen LogP contribution in [0.15, 0.2) is 198 Å². The Morgan fingerprint density at radius 2 is 0.747 bits per heavy atom. The number of aryl methyl sites for hydroxylation is 2. The number of aromatic nitrogens is 4. The van der Waals surface area contributed by atoms with Crippen molar-refractivity contribution < 1.29 is 57.7 Å². The lowest BCUT2D eigenvalue weighted by Crippen LogP contribution is -2.32. The lowest BCUT2D eigenvalue weighted by atomic mass is 9.77. The highest BCUT2D eigenvalue weighted by Crippen LogP contribution is 2.24. The van der Waals surface area contributed by atoms with Crippen LogP contribution in [-0.4, -0.2) is 88.8 Å². The fourth-order valence-corrected chi connectivity index (χ4v) is 10.5. The van der Waals surface area contributed by atoms with E-state index in [2.05, 4.69) is 19.9 Å². The molecule has 9 rings (SSSR count). The molecule has 0 fully saturated rings. The van der Waals surface area contributed by atoms with E-state index in [4.69, 9.17) is 0 Å². The molecule has 0 aliphatic carbocycles. The fourth-order valence-electron chi connectivity index (χ4n) is 8.05. The molecule has 0 saturated heterocycles. The summed E-state index contributed by atoms with van der Waals surface area (Å²) < 4.78 is 38.8. The second-order valence-electron chi connectivity index (χ2n) is 18.8. The van der Waals surface area contributed by atoms with Gasteiger partial charge in [-0.05, 0) is 124 Å². The van der Waals surface area contributed by atoms with Gasteiger partial charge in [-0.15, -0.1) is 23.5 Å². The summed E-state index contributed by atoms with van der Waals surface area (Å²) in [6.45, 7) is 3.88. The second kappa shape index (κ2) is 31.2. The predicted octanol–water partition coefficient (Wildman–Crippen LogP) is 7.87. The molecule has 3 aromatic heterocycles. The van der Waals surface area contributed by atoms with Crippen LogP contribution in [0.1, 0.15) is 75.6 Å². The van der Waals surface area contributed by atoms with Crippen LogP contribution in [0.2, 0.25) is 0 Å². The Hall–Kier alpha value is -7.50. The van der Waals surface area contributed by atoms with Gasteiger partial charge < -0.3 is 30.1 Å². The van der Waals surface area contributed by atoms with E-state index in [9.17, 15) is 57.7 Å². The highest BCUT2D eigenvalue weighted by Gasteiger charge is 2.20. The highest BCUT2D eigenvalue weighted by molar-refractivity contribution is 7.98. The number of Topliss-reactive ketones (excluding diaryl/α,β-unsaturated/α-hetero) is 3. The Bertz CT molecular complexity index is 3440. The summed E-state index contributed by atoms with van der Waals surface area (Å²) in [4.78, 5) is 54.0. The van der Waals surface area contributed by atoms with Crippen molar-refractivity contribution in [3.63, 3.8) is 0 Å². The number of hydrogen-bond donors (Lipinski definition) is 6. The molecule has 6 aromatic carbocycles. The van der Waals surface area contributed by atoms with Gasteiger partial charge in [-0.3, -0.25) is 14.4 Å². The first-order chi connectivity index (χ1) is 39.9. The molecule has 9 aromatic rings. The third-order valence-electron chi connectivity index (χ3n) is 12.5. The molecule has 0 aliphatic rings. The number of rotatable bonds is 21. The highest BCUT2D eigenvalue weighted by atomic mass is 32.2. The Balaban J connectivity index is 0.000000179. The number of nitrogens with zero attached hydrogens (tertiary/aromatic N) is 4. The lowest BCUT2D eigenvalue weighted by Gasteiger charge is -2.10. The van der Waals surface area contributed by atoms with Crippen molar-refractivity contribution in [1.82, 2.24) is 19.9 Å². The zero-order valence-corrected chi connectivity index (χ0v) is 47.3. The number of carbonyl (C=O) groups is 3. The molecule has 0 unspecified atom stereocenters. The first-order valence-corrected chi connectivity index (χ1v) is 28.6. The minimum atomic E-state index is -1.54. The van der Waals surface area contributed by atoms with Crippen molar-refractivity contribution in [3.8, 4) is 0 Å². The monoisotopic (exact) mass is 1170 g/mol. The molecule has 0 aliphatic heterocycles. The maximum atomic E-state index is 13.0. The molecule has 0 atom stereocenters. The number of pyridine rings is 2. The summed E-state index contributed by atoms with van der Waals surface area (Å²) in [5, 5.41) is 58.7. The van der Waals surface area contributed by atoms with E-state index in [1.165, 1.54) is 96.5 Å². The Morgan fingerprint density at radius 3 is 1.13 bits per heavy atom. The quantitative estimate of drug-likeness (QED) is 0.0174. The van der Waals surface area contributed by atoms with Gasteiger partial charge >= 0.3 is 21.4 Å². The second-order valence-corrected chi connectivity index (χ2v) is 21.7. The third kappa shape index (κ3) is 19.8. The molecule has 0 radical (unpaired) electrons. The van der Waals surface area contributed by atoms with E-state index in [0.29, 0.717) is 55.5 Å². The van der Waals surface area contributed by atoms with Crippen LogP contribution in [0.4, 0.5) is 13.2 Å². The van der Waals surface area contributed by atoms with Crippen LogP contribution in [0.3, 0.4) is 0 Å². The minimum Gasteiger partial charge on any atom is -0.423 e. The first-order valence-electron chi connectivity index (χ1n) is 25.7. The summed E-state index contributed by atoms with van der Waals surface area (Å²) in [5.41, 5.74) is 9.48. The zero-order valence-electron chi connectivity index (χ0n) is 44.9. The van der Waals surface area contributed by atoms with Gasteiger partial charge in [-0.2, -0.15) is 0 Å². The molecular formula is C61H54B3F3N4O9S3. The summed E-state index contributed by atoms with van der Waals surface area (Å²) in [7, 11) is -4.57. The SMILES string of the molecule is Cc1ccc(B(O)O)c(CSc2ccc(C(=O)Cc3ccc(F)cc3)cn2)c1.Cc1ccc(B(O)O)c(CSc2ncc(C(=O)Cc3ccc(F)cc3)cn2)c1.O=C(Cc1ccc(F)cc1)c1ccc(SCc2ccccc2B(O)O)nc1. The maximum Gasteiger partial charge on any atom is 0.488 e. The van der Waals surface area contributed by atoms with Crippen LogP contribution < -0.4 is 16.4 Å². The average molecular weight is 1170 g/mol. The molecule has 0 bridgehead atoms. The predicted molar refractivity (Wildman–Crippen MR) is 321 cm³/mol. The molecule has 420 valence electrons. The van der Waals surface area contributed by atoms with Crippen LogP contribution in [0.5, 0.6) is 0 Å². The molecule has 0 amide bonds. The van der Waals surface area contributed by atoms with Crippen molar-refractivity contribution >= 4 is 90.4 Å². The van der Waals surface area contributed by atoms with E-state index < -0.39 is 21.4 Å². The summed E-state index contributed by atoms with van der Waals surface area (Å²) in [6.07, 6.45) is 6.54. The van der Waals surface area contributed by atoms with E-state index >= 15 is 0 Å². The van der Waals surface area contributed by atoms with Crippen LogP contribution in [0, 0.1) is 31.3 Å². The van der Waals surface area contributed by atoms with Crippen molar-refractivity contribution in [2.75, 3.05) is 0 Å². The number of carbonyl (C=O) groups excluding carboxylic acids is 3. The van der Waals surface area contributed by atoms with Crippen molar-refractivity contribution in [1.29, 1.82) is 0 Å². The molecular weight excluding hydrogens is 1120 g/mol. The van der Waals surface area contributed by atoms with Gasteiger partial charge in [0.25, 0.3) is 0 Å². The minimum absolute atomic E-state index is 0.0833. The van der Waals surface area contributed by atoms with E-state index in [1.54, 1.807) is 84.9 Å². The molecule has 83 heavy (non-hydrogen) atoms.